The van der Waals surface area contributed by atoms with Gasteiger partial charge in [0, 0.05) is 35.1 Å². The average molecular weight is 419 g/mol. The van der Waals surface area contributed by atoms with E-state index >= 15 is 0 Å². The average Bonchev–Trinajstić information content (AvgIpc) is 3.16. The molecular formula is C21H20Cl2N2O3. The Morgan fingerprint density at radius 2 is 1.89 bits per heavy atom. The van der Waals surface area contributed by atoms with Gasteiger partial charge in [-0.3, -0.25) is 0 Å². The summed E-state index contributed by atoms with van der Waals surface area (Å²) in [6.45, 7) is 3.43. The summed E-state index contributed by atoms with van der Waals surface area (Å²) in [4.78, 5) is 0. The maximum atomic E-state index is 6.57. The van der Waals surface area contributed by atoms with Crippen molar-refractivity contribution in [2.45, 2.75) is 19.4 Å². The number of nitrogens with zero attached hydrogens (tertiary/aromatic N) is 1. The standard InChI is InChI=1S/C21H20Cl2N2O3/c22-13-9-16(23)21-15-3-5-24-6-4-17(15)25(18(21)10-13)7-8-26-14-1-2-19-20(11-14)28-12-27-19/h1-2,9-11,24H,3-8,12H2. The van der Waals surface area contributed by atoms with Gasteiger partial charge in [0.2, 0.25) is 6.79 Å². The summed E-state index contributed by atoms with van der Waals surface area (Å²) in [6, 6.07) is 9.48. The Morgan fingerprint density at radius 3 is 2.82 bits per heavy atom. The van der Waals surface area contributed by atoms with E-state index in [0.717, 1.165) is 65.7 Å². The van der Waals surface area contributed by atoms with E-state index < -0.39 is 0 Å². The molecule has 0 unspecified atom stereocenters. The van der Waals surface area contributed by atoms with Crippen LogP contribution in [0, 0.1) is 0 Å². The van der Waals surface area contributed by atoms with E-state index in [1.807, 2.05) is 30.3 Å². The first-order valence-corrected chi connectivity index (χ1v) is 10.2. The smallest absolute Gasteiger partial charge is 0.231 e. The van der Waals surface area contributed by atoms with Gasteiger partial charge in [0.1, 0.15) is 12.4 Å². The fourth-order valence-corrected chi connectivity index (χ4v) is 4.70. The summed E-state index contributed by atoms with van der Waals surface area (Å²) < 4.78 is 19.1. The third-order valence-electron chi connectivity index (χ3n) is 5.32. The highest BCUT2D eigenvalue weighted by Crippen LogP contribution is 2.37. The molecule has 0 fully saturated rings. The van der Waals surface area contributed by atoms with Crippen LogP contribution in [0.1, 0.15) is 11.3 Å². The maximum Gasteiger partial charge on any atom is 0.231 e. The van der Waals surface area contributed by atoms with E-state index in [0.29, 0.717) is 11.6 Å². The van der Waals surface area contributed by atoms with Gasteiger partial charge in [0.25, 0.3) is 0 Å². The van der Waals surface area contributed by atoms with Crippen molar-refractivity contribution < 1.29 is 14.2 Å². The minimum atomic E-state index is 0.260. The number of rotatable bonds is 4. The maximum absolute atomic E-state index is 6.57. The summed E-state index contributed by atoms with van der Waals surface area (Å²) in [5, 5.41) is 5.96. The predicted molar refractivity (Wildman–Crippen MR) is 110 cm³/mol. The van der Waals surface area contributed by atoms with Gasteiger partial charge in [-0.05, 0) is 42.8 Å². The van der Waals surface area contributed by atoms with E-state index in [2.05, 4.69) is 9.88 Å². The molecular weight excluding hydrogens is 399 g/mol. The number of benzene rings is 2. The number of nitrogens with one attached hydrogen (secondary N) is 1. The molecule has 146 valence electrons. The van der Waals surface area contributed by atoms with Crippen LogP contribution in [-0.2, 0) is 19.4 Å². The highest BCUT2D eigenvalue weighted by atomic mass is 35.5. The zero-order chi connectivity index (χ0) is 19.1. The van der Waals surface area contributed by atoms with Gasteiger partial charge in [0.15, 0.2) is 11.5 Å². The lowest BCUT2D eigenvalue weighted by atomic mass is 10.1. The fourth-order valence-electron chi connectivity index (χ4n) is 4.10. The van der Waals surface area contributed by atoms with Gasteiger partial charge >= 0.3 is 0 Å². The van der Waals surface area contributed by atoms with Crippen LogP contribution in [-0.4, -0.2) is 31.1 Å². The number of hydrogen-bond acceptors (Lipinski definition) is 4. The second kappa shape index (κ2) is 7.39. The molecule has 0 atom stereocenters. The summed E-state index contributed by atoms with van der Waals surface area (Å²) in [5.74, 6) is 2.25. The Bertz CT molecular complexity index is 1050. The van der Waals surface area contributed by atoms with Crippen LogP contribution in [0.5, 0.6) is 17.2 Å². The molecule has 3 aromatic rings. The quantitative estimate of drug-likeness (QED) is 0.679. The van der Waals surface area contributed by atoms with Crippen molar-refractivity contribution in [1.82, 2.24) is 9.88 Å². The molecule has 3 heterocycles. The van der Waals surface area contributed by atoms with Gasteiger partial charge in [-0.25, -0.2) is 0 Å². The molecule has 7 heteroatoms. The molecule has 0 aliphatic carbocycles. The lowest BCUT2D eigenvalue weighted by Gasteiger charge is -2.13. The van der Waals surface area contributed by atoms with Crippen molar-refractivity contribution in [3.8, 4) is 17.2 Å². The van der Waals surface area contributed by atoms with Crippen molar-refractivity contribution in [1.29, 1.82) is 0 Å². The van der Waals surface area contributed by atoms with Crippen molar-refractivity contribution in [2.75, 3.05) is 26.5 Å². The first kappa shape index (κ1) is 18.0. The van der Waals surface area contributed by atoms with Crippen molar-refractivity contribution in [2.24, 2.45) is 0 Å². The van der Waals surface area contributed by atoms with Crippen molar-refractivity contribution >= 4 is 34.1 Å². The van der Waals surface area contributed by atoms with Crippen LogP contribution >= 0.6 is 23.2 Å². The normalized spacial score (nSPS) is 15.5. The lowest BCUT2D eigenvalue weighted by molar-refractivity contribution is 0.173. The Balaban J connectivity index is 1.44. The summed E-state index contributed by atoms with van der Waals surface area (Å²) >= 11 is 12.9. The topological polar surface area (TPSA) is 44.7 Å². The molecule has 0 radical (unpaired) electrons. The largest absolute Gasteiger partial charge is 0.492 e. The third-order valence-corrected chi connectivity index (χ3v) is 5.84. The van der Waals surface area contributed by atoms with Crippen molar-refractivity contribution in [3.05, 3.63) is 51.6 Å². The monoisotopic (exact) mass is 418 g/mol. The van der Waals surface area contributed by atoms with Crippen LogP contribution in [0.3, 0.4) is 0 Å². The van der Waals surface area contributed by atoms with Gasteiger partial charge in [-0.1, -0.05) is 23.2 Å². The molecule has 0 saturated carbocycles. The SMILES string of the molecule is Clc1cc(Cl)c2c3c(n(CCOc4ccc5c(c4)OCO5)c2c1)CCNCC3. The zero-order valence-corrected chi connectivity index (χ0v) is 16.8. The minimum Gasteiger partial charge on any atom is -0.492 e. The number of aromatic nitrogens is 1. The second-order valence-corrected chi connectivity index (χ2v) is 7.82. The van der Waals surface area contributed by atoms with E-state index in [-0.39, 0.29) is 6.79 Å². The highest BCUT2D eigenvalue weighted by molar-refractivity contribution is 6.38. The molecule has 0 amide bonds. The lowest BCUT2D eigenvalue weighted by Crippen LogP contribution is -2.18. The van der Waals surface area contributed by atoms with Crippen LogP contribution in [0.2, 0.25) is 10.0 Å². The number of ether oxygens (including phenoxy) is 3. The minimum absolute atomic E-state index is 0.260. The molecule has 2 aliphatic heterocycles. The van der Waals surface area contributed by atoms with E-state index in [1.165, 1.54) is 11.3 Å². The second-order valence-electron chi connectivity index (χ2n) is 6.97. The van der Waals surface area contributed by atoms with E-state index in [9.17, 15) is 0 Å². The first-order valence-electron chi connectivity index (χ1n) is 9.43. The molecule has 1 N–H and O–H groups in total. The Hall–Kier alpha value is -2.08. The van der Waals surface area contributed by atoms with Crippen molar-refractivity contribution in [3.63, 3.8) is 0 Å². The fraction of sp³-hybridized carbons (Fsp3) is 0.333. The molecule has 0 spiro atoms. The summed E-state index contributed by atoms with van der Waals surface area (Å²) in [5.41, 5.74) is 3.72. The molecule has 2 aliphatic rings. The number of fused-ring (bicyclic) bond motifs is 4. The molecule has 5 rings (SSSR count). The molecule has 5 nitrogen and oxygen atoms in total. The van der Waals surface area contributed by atoms with Gasteiger partial charge in [0.05, 0.1) is 17.1 Å². The van der Waals surface area contributed by atoms with Crippen LogP contribution in [0.15, 0.2) is 30.3 Å². The molecule has 0 saturated heterocycles. The Morgan fingerprint density at radius 1 is 1.04 bits per heavy atom. The first-order chi connectivity index (χ1) is 13.7. The Labute approximate surface area is 173 Å². The van der Waals surface area contributed by atoms with Crippen LogP contribution in [0.25, 0.3) is 10.9 Å². The molecule has 0 bridgehead atoms. The van der Waals surface area contributed by atoms with Gasteiger partial charge < -0.3 is 24.1 Å². The molecule has 2 aromatic carbocycles. The number of halogens is 2. The zero-order valence-electron chi connectivity index (χ0n) is 15.3. The third kappa shape index (κ3) is 3.17. The van der Waals surface area contributed by atoms with Gasteiger partial charge in [-0.2, -0.15) is 0 Å². The van der Waals surface area contributed by atoms with E-state index in [4.69, 9.17) is 37.4 Å². The van der Waals surface area contributed by atoms with Gasteiger partial charge in [-0.15, -0.1) is 0 Å². The summed E-state index contributed by atoms with van der Waals surface area (Å²) in [7, 11) is 0. The highest BCUT2D eigenvalue weighted by Gasteiger charge is 2.21. The molecule has 28 heavy (non-hydrogen) atoms. The Kier molecular flexibility index (Phi) is 4.75. The van der Waals surface area contributed by atoms with Crippen LogP contribution < -0.4 is 19.5 Å². The molecule has 1 aromatic heterocycles. The predicted octanol–water partition coefficient (Wildman–Crippen LogP) is 4.44. The number of hydrogen-bond donors (Lipinski definition) is 1. The van der Waals surface area contributed by atoms with Crippen LogP contribution in [0.4, 0.5) is 0 Å². The van der Waals surface area contributed by atoms with E-state index in [1.54, 1.807) is 0 Å². The summed E-state index contributed by atoms with van der Waals surface area (Å²) in [6.07, 6.45) is 1.92.